The number of anilines is 1. The van der Waals surface area contributed by atoms with Gasteiger partial charge >= 0.3 is 0 Å². The van der Waals surface area contributed by atoms with Gasteiger partial charge in [0.2, 0.25) is 5.91 Å². The van der Waals surface area contributed by atoms with E-state index in [9.17, 15) is 4.79 Å². The molecule has 0 aliphatic rings. The molecule has 0 aliphatic heterocycles. The van der Waals surface area contributed by atoms with E-state index in [1.165, 1.54) is 0 Å². The van der Waals surface area contributed by atoms with Crippen molar-refractivity contribution >= 4 is 11.6 Å². The Bertz CT molecular complexity index is 464. The topological polar surface area (TPSA) is 38.3 Å². The molecule has 1 amide bonds. The van der Waals surface area contributed by atoms with Crippen molar-refractivity contribution < 1.29 is 9.53 Å². The zero-order valence-electron chi connectivity index (χ0n) is 12.2. The molecule has 0 saturated carbocycles. The van der Waals surface area contributed by atoms with Gasteiger partial charge in [-0.25, -0.2) is 0 Å². The SMILES string of the molecule is C=CCc1cc(NC(=O)C(C)C)cc(C)c1OCC. The fourth-order valence-electron chi connectivity index (χ4n) is 1.86. The molecule has 0 bridgehead atoms. The summed E-state index contributed by atoms with van der Waals surface area (Å²) in [6.07, 6.45) is 2.56. The highest BCUT2D eigenvalue weighted by atomic mass is 16.5. The van der Waals surface area contributed by atoms with Crippen LogP contribution in [0.25, 0.3) is 0 Å². The smallest absolute Gasteiger partial charge is 0.226 e. The zero-order chi connectivity index (χ0) is 14.4. The van der Waals surface area contributed by atoms with Crippen molar-refractivity contribution in [3.05, 3.63) is 35.9 Å². The Hall–Kier alpha value is -1.77. The summed E-state index contributed by atoms with van der Waals surface area (Å²) in [4.78, 5) is 11.7. The maximum atomic E-state index is 11.7. The molecule has 3 heteroatoms. The Morgan fingerprint density at radius 3 is 2.68 bits per heavy atom. The number of ether oxygens (including phenoxy) is 1. The lowest BCUT2D eigenvalue weighted by molar-refractivity contribution is -0.118. The van der Waals surface area contributed by atoms with Gasteiger partial charge in [-0.15, -0.1) is 6.58 Å². The molecule has 0 aromatic heterocycles. The summed E-state index contributed by atoms with van der Waals surface area (Å²) in [7, 11) is 0. The van der Waals surface area contributed by atoms with Gasteiger partial charge in [0.1, 0.15) is 5.75 Å². The van der Waals surface area contributed by atoms with Crippen molar-refractivity contribution in [2.24, 2.45) is 5.92 Å². The molecular formula is C16H23NO2. The fourth-order valence-corrected chi connectivity index (χ4v) is 1.86. The molecule has 0 fully saturated rings. The van der Waals surface area contributed by atoms with Gasteiger partial charge in [0.25, 0.3) is 0 Å². The van der Waals surface area contributed by atoms with E-state index in [1.807, 2.05) is 45.9 Å². The highest BCUT2D eigenvalue weighted by molar-refractivity contribution is 5.92. The van der Waals surface area contributed by atoms with Crippen molar-refractivity contribution in [1.82, 2.24) is 0 Å². The lowest BCUT2D eigenvalue weighted by atomic mass is 10.0. The molecule has 0 atom stereocenters. The zero-order valence-corrected chi connectivity index (χ0v) is 12.2. The summed E-state index contributed by atoms with van der Waals surface area (Å²) in [5, 5.41) is 2.92. The molecule has 1 N–H and O–H groups in total. The average molecular weight is 261 g/mol. The summed E-state index contributed by atoms with van der Waals surface area (Å²) < 4.78 is 5.67. The number of hydrogen-bond donors (Lipinski definition) is 1. The highest BCUT2D eigenvalue weighted by Crippen LogP contribution is 2.29. The standard InChI is InChI=1S/C16H23NO2/c1-6-8-13-10-14(17-16(18)11(3)4)9-12(5)15(13)19-7-2/h6,9-11H,1,7-8H2,2-5H3,(H,17,18). The molecule has 3 nitrogen and oxygen atoms in total. The normalized spacial score (nSPS) is 10.4. The first-order valence-electron chi connectivity index (χ1n) is 6.67. The minimum Gasteiger partial charge on any atom is -0.493 e. The van der Waals surface area contributed by atoms with E-state index in [1.54, 1.807) is 0 Å². The van der Waals surface area contributed by atoms with E-state index < -0.39 is 0 Å². The van der Waals surface area contributed by atoms with Crippen molar-refractivity contribution in [3.8, 4) is 5.75 Å². The predicted molar refractivity (Wildman–Crippen MR) is 79.7 cm³/mol. The number of amides is 1. The van der Waals surface area contributed by atoms with Gasteiger partial charge in [-0.05, 0) is 38.0 Å². The lowest BCUT2D eigenvalue weighted by Crippen LogP contribution is -2.18. The monoisotopic (exact) mass is 261 g/mol. The first kappa shape index (κ1) is 15.3. The molecular weight excluding hydrogens is 238 g/mol. The minimum atomic E-state index is -0.0327. The van der Waals surface area contributed by atoms with Gasteiger partial charge in [-0.3, -0.25) is 4.79 Å². The van der Waals surface area contributed by atoms with Crippen LogP contribution in [-0.4, -0.2) is 12.5 Å². The van der Waals surface area contributed by atoms with E-state index in [4.69, 9.17) is 4.74 Å². The molecule has 0 spiro atoms. The van der Waals surface area contributed by atoms with Crippen molar-refractivity contribution in [3.63, 3.8) is 0 Å². The van der Waals surface area contributed by atoms with Crippen LogP contribution in [0.15, 0.2) is 24.8 Å². The van der Waals surface area contributed by atoms with E-state index in [-0.39, 0.29) is 11.8 Å². The summed E-state index contributed by atoms with van der Waals surface area (Å²) in [5.74, 6) is 0.882. The number of aryl methyl sites for hydroxylation is 1. The van der Waals surface area contributed by atoms with Gasteiger partial charge in [-0.2, -0.15) is 0 Å². The Morgan fingerprint density at radius 2 is 2.16 bits per heavy atom. The number of nitrogens with one attached hydrogen (secondary N) is 1. The quantitative estimate of drug-likeness (QED) is 0.793. The Kier molecular flexibility index (Phi) is 5.61. The van der Waals surface area contributed by atoms with E-state index in [0.29, 0.717) is 6.61 Å². The molecule has 0 saturated heterocycles. The maximum absolute atomic E-state index is 11.7. The van der Waals surface area contributed by atoms with E-state index >= 15 is 0 Å². The first-order valence-corrected chi connectivity index (χ1v) is 6.67. The largest absolute Gasteiger partial charge is 0.493 e. The number of rotatable bonds is 6. The van der Waals surface area contributed by atoms with Crippen molar-refractivity contribution in [2.75, 3.05) is 11.9 Å². The Morgan fingerprint density at radius 1 is 1.47 bits per heavy atom. The maximum Gasteiger partial charge on any atom is 0.226 e. The Balaban J connectivity index is 3.08. The number of allylic oxidation sites excluding steroid dienone is 1. The van der Waals surface area contributed by atoms with Crippen molar-refractivity contribution in [2.45, 2.75) is 34.1 Å². The third-order valence-corrected chi connectivity index (χ3v) is 2.80. The summed E-state index contributed by atoms with van der Waals surface area (Å²) in [6.45, 7) is 12.1. The summed E-state index contributed by atoms with van der Waals surface area (Å²) in [6, 6.07) is 3.90. The number of carbonyl (C=O) groups is 1. The molecule has 1 aromatic carbocycles. The minimum absolute atomic E-state index is 0.0214. The highest BCUT2D eigenvalue weighted by Gasteiger charge is 2.12. The van der Waals surface area contributed by atoms with Crippen molar-refractivity contribution in [1.29, 1.82) is 0 Å². The van der Waals surface area contributed by atoms with Crippen LogP contribution < -0.4 is 10.1 Å². The van der Waals surface area contributed by atoms with Crippen LogP contribution in [0.4, 0.5) is 5.69 Å². The lowest BCUT2D eigenvalue weighted by Gasteiger charge is -2.15. The predicted octanol–water partition coefficient (Wildman–Crippen LogP) is 3.72. The van der Waals surface area contributed by atoms with Crippen LogP contribution in [-0.2, 0) is 11.2 Å². The molecule has 104 valence electrons. The molecule has 1 aromatic rings. The molecule has 0 heterocycles. The van der Waals surface area contributed by atoms with Crippen LogP contribution in [0, 0.1) is 12.8 Å². The van der Waals surface area contributed by atoms with Gasteiger partial charge in [0.05, 0.1) is 6.61 Å². The molecule has 0 radical (unpaired) electrons. The van der Waals surface area contributed by atoms with E-state index in [2.05, 4.69) is 11.9 Å². The molecule has 1 rings (SSSR count). The van der Waals surface area contributed by atoms with Crippen LogP contribution in [0.3, 0.4) is 0 Å². The number of benzene rings is 1. The number of carbonyl (C=O) groups excluding carboxylic acids is 1. The van der Waals surface area contributed by atoms with Gasteiger partial charge < -0.3 is 10.1 Å². The van der Waals surface area contributed by atoms with Crippen LogP contribution in [0.1, 0.15) is 31.9 Å². The third-order valence-electron chi connectivity index (χ3n) is 2.80. The molecule has 0 unspecified atom stereocenters. The number of hydrogen-bond acceptors (Lipinski definition) is 2. The molecule has 19 heavy (non-hydrogen) atoms. The first-order chi connectivity index (χ1) is 8.99. The fraction of sp³-hybridized carbons (Fsp3) is 0.438. The second kappa shape index (κ2) is 6.98. The van der Waals surface area contributed by atoms with Gasteiger partial charge in [0.15, 0.2) is 0 Å². The summed E-state index contributed by atoms with van der Waals surface area (Å²) >= 11 is 0. The third kappa shape index (κ3) is 4.12. The Labute approximate surface area is 115 Å². The van der Waals surface area contributed by atoms with E-state index in [0.717, 1.165) is 29.0 Å². The second-order valence-electron chi connectivity index (χ2n) is 4.85. The van der Waals surface area contributed by atoms with Crippen LogP contribution in [0.5, 0.6) is 5.75 Å². The summed E-state index contributed by atoms with van der Waals surface area (Å²) in [5.41, 5.74) is 2.90. The van der Waals surface area contributed by atoms with Crippen LogP contribution in [0.2, 0.25) is 0 Å². The van der Waals surface area contributed by atoms with Gasteiger partial charge in [0, 0.05) is 17.2 Å². The molecule has 0 aliphatic carbocycles. The van der Waals surface area contributed by atoms with Gasteiger partial charge in [-0.1, -0.05) is 19.9 Å². The van der Waals surface area contributed by atoms with Crippen LogP contribution >= 0.6 is 0 Å². The second-order valence-corrected chi connectivity index (χ2v) is 4.85. The average Bonchev–Trinajstić information content (AvgIpc) is 2.33.